The number of fused-ring (bicyclic) bond motifs is 1. The zero-order chi connectivity index (χ0) is 9.64. The molecule has 0 atom stereocenters. The summed E-state index contributed by atoms with van der Waals surface area (Å²) < 4.78 is 0. The van der Waals surface area contributed by atoms with Crippen molar-refractivity contribution in [3.63, 3.8) is 0 Å². The van der Waals surface area contributed by atoms with E-state index in [0.29, 0.717) is 12.2 Å². The minimum atomic E-state index is 0.0735. The van der Waals surface area contributed by atoms with Crippen molar-refractivity contribution in [2.24, 2.45) is 0 Å². The van der Waals surface area contributed by atoms with E-state index in [0.717, 1.165) is 17.7 Å². The highest BCUT2D eigenvalue weighted by atomic mass is 16.1. The Hall–Kier alpha value is -1.05. The largest absolute Gasteiger partial charge is 0.364 e. The zero-order valence-corrected chi connectivity index (χ0v) is 8.40. The average molecular weight is 177 g/mol. The van der Waals surface area contributed by atoms with Gasteiger partial charge in [-0.25, -0.2) is 0 Å². The molecule has 1 aromatic heterocycles. The van der Waals surface area contributed by atoms with Gasteiger partial charge in [0.1, 0.15) is 0 Å². The van der Waals surface area contributed by atoms with Gasteiger partial charge in [-0.2, -0.15) is 0 Å². The maximum atomic E-state index is 11.6. The predicted octanol–water partition coefficient (Wildman–Crippen LogP) is 2.44. The summed E-state index contributed by atoms with van der Waals surface area (Å²) in [6.45, 7) is 6.42. The van der Waals surface area contributed by atoms with E-state index < -0.39 is 0 Å². The van der Waals surface area contributed by atoms with Gasteiger partial charge in [0.05, 0.1) is 0 Å². The average Bonchev–Trinajstić information content (AvgIpc) is 2.51. The van der Waals surface area contributed by atoms with Gasteiger partial charge in [-0.3, -0.25) is 4.79 Å². The summed E-state index contributed by atoms with van der Waals surface area (Å²) in [4.78, 5) is 14.8. The zero-order valence-electron chi connectivity index (χ0n) is 8.40. The summed E-state index contributed by atoms with van der Waals surface area (Å²) in [7, 11) is 0. The molecular weight excluding hydrogens is 162 g/mol. The summed E-state index contributed by atoms with van der Waals surface area (Å²) in [6, 6.07) is 0. The molecule has 0 amide bonds. The van der Waals surface area contributed by atoms with E-state index in [4.69, 9.17) is 0 Å². The van der Waals surface area contributed by atoms with Crippen LogP contribution in [0.25, 0.3) is 0 Å². The first kappa shape index (κ1) is 8.54. The molecule has 0 unspecified atom stereocenters. The van der Waals surface area contributed by atoms with Gasteiger partial charge >= 0.3 is 0 Å². The van der Waals surface area contributed by atoms with Gasteiger partial charge in [0.25, 0.3) is 0 Å². The van der Waals surface area contributed by atoms with Crippen LogP contribution >= 0.6 is 0 Å². The van der Waals surface area contributed by atoms with Gasteiger partial charge in [0, 0.05) is 23.9 Å². The molecule has 0 aliphatic heterocycles. The quantitative estimate of drug-likeness (QED) is 0.648. The highest BCUT2D eigenvalue weighted by Gasteiger charge is 2.29. The second-order valence-corrected chi connectivity index (χ2v) is 4.73. The number of carbonyl (C=O) groups is 1. The fourth-order valence-electron chi connectivity index (χ4n) is 1.94. The van der Waals surface area contributed by atoms with Crippen LogP contribution in [-0.2, 0) is 11.8 Å². The number of ketones is 1. The van der Waals surface area contributed by atoms with Crippen molar-refractivity contribution in [1.82, 2.24) is 4.98 Å². The van der Waals surface area contributed by atoms with E-state index in [-0.39, 0.29) is 5.41 Å². The lowest BCUT2D eigenvalue weighted by Crippen LogP contribution is -2.13. The third-order valence-electron chi connectivity index (χ3n) is 2.65. The molecule has 1 heterocycles. The first-order valence-electron chi connectivity index (χ1n) is 4.74. The molecule has 0 aromatic carbocycles. The molecule has 2 nitrogen and oxygen atoms in total. The molecular formula is C11H15NO. The fraction of sp³-hybridized carbons (Fsp3) is 0.545. The number of aromatic nitrogens is 1. The van der Waals surface area contributed by atoms with Crippen LogP contribution in [0.15, 0.2) is 6.20 Å². The highest BCUT2D eigenvalue weighted by Crippen LogP contribution is 2.32. The van der Waals surface area contributed by atoms with Crippen molar-refractivity contribution in [3.8, 4) is 0 Å². The number of aryl methyl sites for hydroxylation is 1. The van der Waals surface area contributed by atoms with Gasteiger partial charge in [-0.15, -0.1) is 0 Å². The summed E-state index contributed by atoms with van der Waals surface area (Å²) in [5.74, 6) is 0.307. The molecule has 0 fully saturated rings. The maximum absolute atomic E-state index is 11.6. The second kappa shape index (κ2) is 2.47. The van der Waals surface area contributed by atoms with E-state index in [1.807, 2.05) is 6.20 Å². The number of nitrogens with one attached hydrogen (secondary N) is 1. The monoisotopic (exact) mass is 177 g/mol. The van der Waals surface area contributed by atoms with Crippen molar-refractivity contribution in [2.45, 2.75) is 39.0 Å². The first-order valence-corrected chi connectivity index (χ1v) is 4.74. The molecule has 0 radical (unpaired) electrons. The van der Waals surface area contributed by atoms with Crippen LogP contribution in [0, 0.1) is 0 Å². The molecule has 0 saturated heterocycles. The molecule has 70 valence electrons. The van der Waals surface area contributed by atoms with Crippen LogP contribution in [0.2, 0.25) is 0 Å². The topological polar surface area (TPSA) is 32.9 Å². The Morgan fingerprint density at radius 3 is 2.62 bits per heavy atom. The molecule has 2 rings (SSSR count). The Morgan fingerprint density at radius 2 is 2.00 bits per heavy atom. The van der Waals surface area contributed by atoms with E-state index in [2.05, 4.69) is 25.8 Å². The summed E-state index contributed by atoms with van der Waals surface area (Å²) in [6.07, 6.45) is 3.57. The second-order valence-electron chi connectivity index (χ2n) is 4.73. The lowest BCUT2D eigenvalue weighted by atomic mass is 9.85. The smallest absolute Gasteiger partial charge is 0.165 e. The van der Waals surface area contributed by atoms with E-state index in [1.54, 1.807) is 0 Å². The van der Waals surface area contributed by atoms with Gasteiger partial charge in [0.2, 0.25) is 0 Å². The lowest BCUT2D eigenvalue weighted by molar-refractivity contribution is 0.0993. The van der Waals surface area contributed by atoms with Crippen LogP contribution in [0.4, 0.5) is 0 Å². The number of rotatable bonds is 0. The van der Waals surface area contributed by atoms with Crippen molar-refractivity contribution in [2.75, 3.05) is 0 Å². The SMILES string of the molecule is CC(C)(C)c1c[nH]c2c1C(=O)CC2. The lowest BCUT2D eigenvalue weighted by Gasteiger charge is -2.18. The highest BCUT2D eigenvalue weighted by molar-refractivity contribution is 6.01. The van der Waals surface area contributed by atoms with Crippen LogP contribution in [0.1, 0.15) is 48.8 Å². The number of Topliss-reactive ketones (excluding diaryl/α,β-unsaturated/α-hetero) is 1. The van der Waals surface area contributed by atoms with Crippen LogP contribution < -0.4 is 0 Å². The molecule has 0 saturated carbocycles. The molecule has 0 bridgehead atoms. The van der Waals surface area contributed by atoms with Crippen molar-refractivity contribution >= 4 is 5.78 Å². The van der Waals surface area contributed by atoms with E-state index >= 15 is 0 Å². The number of hydrogen-bond donors (Lipinski definition) is 1. The third-order valence-corrected chi connectivity index (χ3v) is 2.65. The number of H-pyrrole nitrogens is 1. The molecule has 1 N–H and O–H groups in total. The summed E-state index contributed by atoms with van der Waals surface area (Å²) >= 11 is 0. The predicted molar refractivity (Wildman–Crippen MR) is 52.1 cm³/mol. The Labute approximate surface area is 78.4 Å². The molecule has 0 spiro atoms. The minimum Gasteiger partial charge on any atom is -0.364 e. The van der Waals surface area contributed by atoms with Crippen molar-refractivity contribution in [1.29, 1.82) is 0 Å². The summed E-state index contributed by atoms with van der Waals surface area (Å²) in [5, 5.41) is 0. The molecule has 1 aliphatic carbocycles. The fourth-order valence-corrected chi connectivity index (χ4v) is 1.94. The van der Waals surface area contributed by atoms with E-state index in [9.17, 15) is 4.79 Å². The molecule has 1 aromatic rings. The Morgan fingerprint density at radius 1 is 1.31 bits per heavy atom. The molecule has 13 heavy (non-hydrogen) atoms. The normalized spacial score (nSPS) is 16.4. The van der Waals surface area contributed by atoms with Gasteiger partial charge in [-0.05, 0) is 17.4 Å². The van der Waals surface area contributed by atoms with Gasteiger partial charge < -0.3 is 4.98 Å². The van der Waals surface area contributed by atoms with Crippen LogP contribution in [-0.4, -0.2) is 10.8 Å². The Kier molecular flexibility index (Phi) is 1.62. The number of aromatic amines is 1. The van der Waals surface area contributed by atoms with Crippen molar-refractivity contribution < 1.29 is 4.79 Å². The van der Waals surface area contributed by atoms with Gasteiger partial charge in [0.15, 0.2) is 5.78 Å². The molecule has 2 heteroatoms. The third kappa shape index (κ3) is 1.21. The maximum Gasteiger partial charge on any atom is 0.165 e. The van der Waals surface area contributed by atoms with Crippen molar-refractivity contribution in [3.05, 3.63) is 23.0 Å². The van der Waals surface area contributed by atoms with Crippen LogP contribution in [0.3, 0.4) is 0 Å². The standard InChI is InChI=1S/C11H15NO/c1-11(2,3)7-6-12-8-4-5-9(13)10(7)8/h6,12H,4-5H2,1-3H3. The molecule has 1 aliphatic rings. The summed E-state index contributed by atoms with van der Waals surface area (Å²) in [5.41, 5.74) is 3.34. The van der Waals surface area contributed by atoms with Gasteiger partial charge in [-0.1, -0.05) is 20.8 Å². The minimum absolute atomic E-state index is 0.0735. The first-order chi connectivity index (χ1) is 6.00. The number of carbonyl (C=O) groups excluding carboxylic acids is 1. The van der Waals surface area contributed by atoms with E-state index in [1.165, 1.54) is 5.56 Å². The Bertz CT molecular complexity index is 355. The Balaban J connectivity index is 2.56. The number of hydrogen-bond acceptors (Lipinski definition) is 1. The van der Waals surface area contributed by atoms with Crippen LogP contribution in [0.5, 0.6) is 0 Å².